The zero-order valence-electron chi connectivity index (χ0n) is 19.3. The van der Waals surface area contributed by atoms with Crippen LogP contribution in [0.2, 0.25) is 0 Å². The maximum atomic E-state index is 12.7. The van der Waals surface area contributed by atoms with Crippen LogP contribution in [0.25, 0.3) is 0 Å². The summed E-state index contributed by atoms with van der Waals surface area (Å²) in [6, 6.07) is 5.86. The number of carbonyl (C=O) groups excluding carboxylic acids is 4. The number of ether oxygens (including phenoxy) is 6. The summed E-state index contributed by atoms with van der Waals surface area (Å²) in [5.41, 5.74) is -0.199. The van der Waals surface area contributed by atoms with E-state index in [1.165, 1.54) is 24.3 Å². The van der Waals surface area contributed by atoms with Gasteiger partial charge in [0.25, 0.3) is 0 Å². The third-order valence-electron chi connectivity index (χ3n) is 4.02. The van der Waals surface area contributed by atoms with Crippen LogP contribution in [0.5, 0.6) is 11.5 Å². The first-order valence-corrected chi connectivity index (χ1v) is 13.5. The van der Waals surface area contributed by atoms with Crippen LogP contribution in [0.1, 0.15) is 20.7 Å². The van der Waals surface area contributed by atoms with E-state index in [2.05, 4.69) is 76.9 Å². The topological polar surface area (TPSA) is 124 Å². The number of rotatable bonds is 11. The number of hydrogen-bond donors (Lipinski definition) is 0. The Hall–Kier alpha value is -2.68. The molecule has 0 unspecified atom stereocenters. The molecule has 0 saturated heterocycles. The third-order valence-corrected chi connectivity index (χ3v) is 6.11. The molecule has 2 aromatic rings. The van der Waals surface area contributed by atoms with Crippen molar-refractivity contribution in [1.29, 1.82) is 0 Å². The highest BCUT2D eigenvalue weighted by molar-refractivity contribution is 9.11. The molecule has 0 amide bonds. The molecule has 0 aliphatic heterocycles. The molecule has 0 saturated carbocycles. The van der Waals surface area contributed by atoms with E-state index in [0.717, 1.165) is 0 Å². The number of carbonyl (C=O) groups is 4. The molecule has 202 valence electrons. The molecule has 14 heteroatoms. The van der Waals surface area contributed by atoms with Gasteiger partial charge in [-0.15, -0.1) is 0 Å². The minimum Gasteiger partial charge on any atom is -0.458 e. The fraction of sp³-hybridized carbons (Fsp3) is 0.167. The highest BCUT2D eigenvalue weighted by Gasteiger charge is 2.23. The van der Waals surface area contributed by atoms with Gasteiger partial charge in [0.15, 0.2) is 11.5 Å². The second kappa shape index (κ2) is 15.7. The van der Waals surface area contributed by atoms with Gasteiger partial charge in [0.2, 0.25) is 0 Å². The summed E-state index contributed by atoms with van der Waals surface area (Å²) in [4.78, 5) is 49.1. The largest absolute Gasteiger partial charge is 0.514 e. The molecule has 0 bridgehead atoms. The lowest BCUT2D eigenvalue weighted by Gasteiger charge is -2.13. The van der Waals surface area contributed by atoms with Crippen LogP contribution in [0.4, 0.5) is 9.59 Å². The standard InChI is InChI=1S/C24H18Br4O10/c1-3-5-35-23(31)37-19-15(9-13(25)11-17(19)27)21(29)33-7-8-34-22(30)16-10-14(26)12-18(28)20(16)38-24(32)36-6-4-2/h3-4,9-12H,1-2,5-8H2. The van der Waals surface area contributed by atoms with Crippen LogP contribution < -0.4 is 9.47 Å². The van der Waals surface area contributed by atoms with E-state index < -0.39 is 24.2 Å². The molecule has 0 heterocycles. The zero-order chi connectivity index (χ0) is 28.2. The Labute approximate surface area is 250 Å². The lowest BCUT2D eigenvalue weighted by molar-refractivity contribution is 0.0260. The maximum Gasteiger partial charge on any atom is 0.514 e. The van der Waals surface area contributed by atoms with E-state index >= 15 is 0 Å². The Morgan fingerprint density at radius 3 is 1.34 bits per heavy atom. The molecule has 0 atom stereocenters. The molecule has 0 N–H and O–H groups in total. The van der Waals surface area contributed by atoms with E-state index in [0.29, 0.717) is 8.95 Å². The van der Waals surface area contributed by atoms with E-state index in [1.54, 1.807) is 12.1 Å². The molecular weight excluding hydrogens is 768 g/mol. The molecule has 0 aliphatic rings. The molecular formula is C24H18Br4O10. The molecule has 38 heavy (non-hydrogen) atoms. The molecule has 0 spiro atoms. The zero-order valence-corrected chi connectivity index (χ0v) is 25.6. The minimum atomic E-state index is -1.05. The van der Waals surface area contributed by atoms with Gasteiger partial charge in [0, 0.05) is 8.95 Å². The van der Waals surface area contributed by atoms with Gasteiger partial charge >= 0.3 is 24.2 Å². The van der Waals surface area contributed by atoms with Crippen molar-refractivity contribution < 1.29 is 47.6 Å². The van der Waals surface area contributed by atoms with Crippen LogP contribution in [0.3, 0.4) is 0 Å². The average molecular weight is 786 g/mol. The average Bonchev–Trinajstić information content (AvgIpc) is 2.86. The normalized spacial score (nSPS) is 10.1. The lowest BCUT2D eigenvalue weighted by atomic mass is 10.2. The van der Waals surface area contributed by atoms with Crippen molar-refractivity contribution in [2.75, 3.05) is 26.4 Å². The van der Waals surface area contributed by atoms with Gasteiger partial charge < -0.3 is 28.4 Å². The molecule has 0 radical (unpaired) electrons. The van der Waals surface area contributed by atoms with Gasteiger partial charge in [0.05, 0.1) is 8.95 Å². The number of benzene rings is 2. The predicted octanol–water partition coefficient (Wildman–Crippen LogP) is 7.15. The van der Waals surface area contributed by atoms with Gasteiger partial charge in [0.1, 0.15) is 37.6 Å². The van der Waals surface area contributed by atoms with Gasteiger partial charge in [-0.05, 0) is 56.1 Å². The molecule has 2 aromatic carbocycles. The second-order valence-corrected chi connectivity index (χ2v) is 10.2. The van der Waals surface area contributed by atoms with E-state index in [4.69, 9.17) is 28.4 Å². The summed E-state index contributed by atoms with van der Waals surface area (Å²) in [7, 11) is 0. The number of esters is 2. The van der Waals surface area contributed by atoms with Crippen molar-refractivity contribution in [3.05, 3.63) is 78.6 Å². The van der Waals surface area contributed by atoms with Crippen LogP contribution in [0.15, 0.2) is 67.5 Å². The molecule has 2 rings (SSSR count). The van der Waals surface area contributed by atoms with Crippen LogP contribution in [0, 0.1) is 0 Å². The van der Waals surface area contributed by atoms with Crippen molar-refractivity contribution in [2.45, 2.75) is 0 Å². The Morgan fingerprint density at radius 2 is 1.00 bits per heavy atom. The quantitative estimate of drug-likeness (QED) is 0.0763. The SMILES string of the molecule is C=CCOC(=O)Oc1c(Br)cc(Br)cc1C(=O)OCCOC(=O)c1cc(Br)cc(Br)c1OC(=O)OCC=C. The second-order valence-electron chi connectivity index (χ2n) is 6.70. The monoisotopic (exact) mass is 782 g/mol. The van der Waals surface area contributed by atoms with Gasteiger partial charge in [-0.2, -0.15) is 0 Å². The van der Waals surface area contributed by atoms with Crippen LogP contribution in [-0.4, -0.2) is 50.7 Å². The van der Waals surface area contributed by atoms with Crippen molar-refractivity contribution in [3.8, 4) is 11.5 Å². The first-order chi connectivity index (χ1) is 18.1. The van der Waals surface area contributed by atoms with Crippen molar-refractivity contribution in [3.63, 3.8) is 0 Å². The number of halogens is 4. The van der Waals surface area contributed by atoms with Crippen molar-refractivity contribution >= 4 is 88.0 Å². The summed E-state index contributed by atoms with van der Waals surface area (Å²) in [6.45, 7) is 6.00. The third kappa shape index (κ3) is 9.57. The smallest absolute Gasteiger partial charge is 0.458 e. The first-order valence-electron chi connectivity index (χ1n) is 10.3. The fourth-order valence-corrected chi connectivity index (χ4v) is 5.15. The fourth-order valence-electron chi connectivity index (χ4n) is 2.54. The molecule has 0 aliphatic carbocycles. The summed E-state index contributed by atoms with van der Waals surface area (Å²) in [6.07, 6.45) is 0.598. The molecule has 0 aromatic heterocycles. The van der Waals surface area contributed by atoms with E-state index in [1.807, 2.05) is 0 Å². The Balaban J connectivity index is 2.06. The Bertz CT molecular complexity index is 1150. The highest BCUT2D eigenvalue weighted by atomic mass is 79.9. The maximum absolute atomic E-state index is 12.7. The molecule has 10 nitrogen and oxygen atoms in total. The molecule has 0 fully saturated rings. The summed E-state index contributed by atoms with van der Waals surface area (Å²) >= 11 is 12.9. The van der Waals surface area contributed by atoms with E-state index in [9.17, 15) is 19.2 Å². The Kier molecular flexibility index (Phi) is 13.0. The summed E-state index contributed by atoms with van der Waals surface area (Å²) < 4.78 is 31.7. The van der Waals surface area contributed by atoms with E-state index in [-0.39, 0.29) is 58.0 Å². The van der Waals surface area contributed by atoms with Crippen LogP contribution >= 0.6 is 63.7 Å². The van der Waals surface area contributed by atoms with Gasteiger partial charge in [-0.25, -0.2) is 19.2 Å². The predicted molar refractivity (Wildman–Crippen MR) is 149 cm³/mol. The minimum absolute atomic E-state index is 0.0878. The lowest BCUT2D eigenvalue weighted by Crippen LogP contribution is -2.18. The highest BCUT2D eigenvalue weighted by Crippen LogP contribution is 2.35. The van der Waals surface area contributed by atoms with Crippen molar-refractivity contribution in [1.82, 2.24) is 0 Å². The number of hydrogen-bond acceptors (Lipinski definition) is 10. The van der Waals surface area contributed by atoms with Crippen molar-refractivity contribution in [2.24, 2.45) is 0 Å². The van der Waals surface area contributed by atoms with Gasteiger partial charge in [-0.3, -0.25) is 0 Å². The summed E-state index contributed by atoms with van der Waals surface area (Å²) in [5.74, 6) is -2.00. The first kappa shape index (κ1) is 31.5. The summed E-state index contributed by atoms with van der Waals surface area (Å²) in [5, 5.41) is 0. The van der Waals surface area contributed by atoms with Crippen LogP contribution in [-0.2, 0) is 18.9 Å². The Morgan fingerprint density at radius 1 is 0.632 bits per heavy atom. The van der Waals surface area contributed by atoms with Gasteiger partial charge in [-0.1, -0.05) is 57.2 Å².